The number of anilines is 1. The van der Waals surface area contributed by atoms with E-state index in [1.807, 2.05) is 30.3 Å². The van der Waals surface area contributed by atoms with Gasteiger partial charge in [-0.25, -0.2) is 14.1 Å². The second kappa shape index (κ2) is 5.58. The molecule has 0 radical (unpaired) electrons. The summed E-state index contributed by atoms with van der Waals surface area (Å²) in [6.45, 7) is 0. The van der Waals surface area contributed by atoms with E-state index in [1.54, 1.807) is 24.5 Å². The van der Waals surface area contributed by atoms with Gasteiger partial charge in [-0.15, -0.1) is 0 Å². The van der Waals surface area contributed by atoms with Gasteiger partial charge in [0, 0.05) is 5.56 Å². The molecule has 2 N–H and O–H groups in total. The third-order valence-corrected chi connectivity index (χ3v) is 2.99. The summed E-state index contributed by atoms with van der Waals surface area (Å²) >= 11 is 0. The molecule has 2 aromatic carbocycles. The van der Waals surface area contributed by atoms with Gasteiger partial charge in [-0.2, -0.15) is 5.10 Å². The third kappa shape index (κ3) is 2.97. The average molecular weight is 280 g/mol. The summed E-state index contributed by atoms with van der Waals surface area (Å²) in [4.78, 5) is 4.23. The van der Waals surface area contributed by atoms with Crippen LogP contribution in [0.1, 0.15) is 5.56 Å². The Morgan fingerprint density at radius 3 is 2.48 bits per heavy atom. The minimum Gasteiger partial charge on any atom is -0.368 e. The van der Waals surface area contributed by atoms with Crippen LogP contribution >= 0.6 is 0 Å². The van der Waals surface area contributed by atoms with Gasteiger partial charge in [-0.3, -0.25) is 0 Å². The van der Waals surface area contributed by atoms with Crippen molar-refractivity contribution in [2.75, 3.05) is 5.73 Å². The van der Waals surface area contributed by atoms with Crippen LogP contribution in [0.15, 0.2) is 65.9 Å². The van der Waals surface area contributed by atoms with Crippen molar-refractivity contribution in [2.24, 2.45) is 5.10 Å². The molecule has 0 saturated heterocycles. The second-order valence-electron chi connectivity index (χ2n) is 4.49. The van der Waals surface area contributed by atoms with Crippen LogP contribution in [-0.2, 0) is 0 Å². The van der Waals surface area contributed by atoms with Gasteiger partial charge >= 0.3 is 0 Å². The van der Waals surface area contributed by atoms with Crippen LogP contribution in [-0.4, -0.2) is 15.9 Å². The van der Waals surface area contributed by atoms with E-state index in [-0.39, 0.29) is 11.8 Å². The Hall–Kier alpha value is -2.95. The van der Waals surface area contributed by atoms with Crippen molar-refractivity contribution in [3.8, 4) is 11.3 Å². The van der Waals surface area contributed by atoms with Crippen molar-refractivity contribution in [1.29, 1.82) is 0 Å². The van der Waals surface area contributed by atoms with Gasteiger partial charge in [-0.05, 0) is 29.8 Å². The van der Waals surface area contributed by atoms with Gasteiger partial charge in [0.05, 0.1) is 18.1 Å². The lowest BCUT2D eigenvalue weighted by Gasteiger charge is -1.95. The fourth-order valence-electron chi connectivity index (χ4n) is 1.91. The van der Waals surface area contributed by atoms with Crippen LogP contribution < -0.4 is 5.73 Å². The van der Waals surface area contributed by atoms with Crippen molar-refractivity contribution >= 4 is 12.2 Å². The quantitative estimate of drug-likeness (QED) is 0.749. The first-order valence-electron chi connectivity index (χ1n) is 6.42. The normalized spacial score (nSPS) is 11.1. The number of rotatable bonds is 3. The van der Waals surface area contributed by atoms with Gasteiger partial charge in [-0.1, -0.05) is 30.3 Å². The molecule has 104 valence electrons. The van der Waals surface area contributed by atoms with Gasteiger partial charge < -0.3 is 5.73 Å². The van der Waals surface area contributed by atoms with E-state index in [2.05, 4.69) is 10.1 Å². The zero-order chi connectivity index (χ0) is 14.7. The average Bonchev–Trinajstić information content (AvgIpc) is 2.88. The number of hydrogen-bond acceptors (Lipinski definition) is 3. The van der Waals surface area contributed by atoms with Crippen LogP contribution in [0.4, 0.5) is 10.3 Å². The van der Waals surface area contributed by atoms with Crippen molar-refractivity contribution in [1.82, 2.24) is 9.66 Å². The molecule has 0 fully saturated rings. The lowest BCUT2D eigenvalue weighted by atomic mass is 10.2. The van der Waals surface area contributed by atoms with Gasteiger partial charge in [0.15, 0.2) is 0 Å². The zero-order valence-corrected chi connectivity index (χ0v) is 11.1. The number of hydrogen-bond donors (Lipinski definition) is 1. The molecule has 0 aliphatic rings. The summed E-state index contributed by atoms with van der Waals surface area (Å²) in [6.07, 6.45) is 3.41. The summed E-state index contributed by atoms with van der Waals surface area (Å²) in [5.41, 5.74) is 8.24. The molecular weight excluding hydrogens is 267 g/mol. The van der Waals surface area contributed by atoms with E-state index in [9.17, 15) is 4.39 Å². The van der Waals surface area contributed by atoms with Crippen molar-refractivity contribution in [3.05, 3.63) is 72.2 Å². The molecule has 3 aromatic rings. The predicted octanol–water partition coefficient (Wildman–Crippen LogP) is 3.15. The third-order valence-electron chi connectivity index (χ3n) is 2.99. The van der Waals surface area contributed by atoms with E-state index in [1.165, 1.54) is 16.8 Å². The molecule has 3 rings (SSSR count). The van der Waals surface area contributed by atoms with E-state index < -0.39 is 0 Å². The Bertz CT molecular complexity index is 761. The Morgan fingerprint density at radius 1 is 1.05 bits per heavy atom. The number of nitrogens with zero attached hydrogens (tertiary/aromatic N) is 3. The molecule has 0 bridgehead atoms. The standard InChI is InChI=1S/C16H13FN4/c17-14-8-6-13(7-9-14)15-11-21(16(18)20-15)19-10-12-4-2-1-3-5-12/h1-11H,(H2,18,20)/b19-10+. The molecular formula is C16H13FN4. The Kier molecular flexibility index (Phi) is 3.47. The molecule has 1 heterocycles. The zero-order valence-electron chi connectivity index (χ0n) is 11.1. The SMILES string of the molecule is Nc1nc(-c2ccc(F)cc2)cn1/N=C/c1ccccc1. The van der Waals surface area contributed by atoms with E-state index in [4.69, 9.17) is 5.73 Å². The van der Waals surface area contributed by atoms with Crippen molar-refractivity contribution < 1.29 is 4.39 Å². The molecule has 0 aliphatic heterocycles. The molecule has 0 aliphatic carbocycles. The fraction of sp³-hybridized carbons (Fsp3) is 0. The molecule has 5 heteroatoms. The topological polar surface area (TPSA) is 56.2 Å². The van der Waals surface area contributed by atoms with Crippen LogP contribution in [0.25, 0.3) is 11.3 Å². The maximum atomic E-state index is 12.9. The molecule has 0 spiro atoms. The predicted molar refractivity (Wildman–Crippen MR) is 81.5 cm³/mol. The van der Waals surface area contributed by atoms with E-state index >= 15 is 0 Å². The molecule has 0 amide bonds. The van der Waals surface area contributed by atoms with Crippen molar-refractivity contribution in [3.63, 3.8) is 0 Å². The number of imidazole rings is 1. The fourth-order valence-corrected chi connectivity index (χ4v) is 1.91. The first-order chi connectivity index (χ1) is 10.2. The molecule has 1 aromatic heterocycles. The largest absolute Gasteiger partial charge is 0.368 e. The van der Waals surface area contributed by atoms with Gasteiger partial charge in [0.2, 0.25) is 5.95 Å². The van der Waals surface area contributed by atoms with Gasteiger partial charge in [0.1, 0.15) is 5.82 Å². The number of benzene rings is 2. The highest BCUT2D eigenvalue weighted by Gasteiger charge is 2.06. The number of nitrogens with two attached hydrogens (primary N) is 1. The summed E-state index contributed by atoms with van der Waals surface area (Å²) < 4.78 is 14.4. The maximum Gasteiger partial charge on any atom is 0.221 e. The van der Waals surface area contributed by atoms with Crippen molar-refractivity contribution in [2.45, 2.75) is 0 Å². The molecule has 0 unspecified atom stereocenters. The first-order valence-corrected chi connectivity index (χ1v) is 6.42. The minimum absolute atomic E-state index is 0.279. The van der Waals surface area contributed by atoms with Crippen LogP contribution in [0, 0.1) is 5.82 Å². The summed E-state index contributed by atoms with van der Waals surface area (Å²) in [5, 5.41) is 4.27. The van der Waals surface area contributed by atoms with Crippen LogP contribution in [0.2, 0.25) is 0 Å². The molecule has 0 atom stereocenters. The number of halogens is 1. The lowest BCUT2D eigenvalue weighted by molar-refractivity contribution is 0.628. The first kappa shape index (κ1) is 13.1. The van der Waals surface area contributed by atoms with E-state index in [0.717, 1.165) is 11.1 Å². The Labute approximate surface area is 121 Å². The van der Waals surface area contributed by atoms with Crippen LogP contribution in [0.5, 0.6) is 0 Å². The maximum absolute atomic E-state index is 12.9. The summed E-state index contributed by atoms with van der Waals surface area (Å²) in [7, 11) is 0. The summed E-state index contributed by atoms with van der Waals surface area (Å²) in [5.74, 6) is -0.00485. The molecule has 21 heavy (non-hydrogen) atoms. The summed E-state index contributed by atoms with van der Waals surface area (Å²) in [6, 6.07) is 15.8. The smallest absolute Gasteiger partial charge is 0.221 e. The second-order valence-corrected chi connectivity index (χ2v) is 4.49. The highest BCUT2D eigenvalue weighted by Crippen LogP contribution is 2.20. The highest BCUT2D eigenvalue weighted by atomic mass is 19.1. The number of aromatic nitrogens is 2. The lowest BCUT2D eigenvalue weighted by Crippen LogP contribution is -1.96. The Morgan fingerprint density at radius 2 is 1.76 bits per heavy atom. The molecule has 4 nitrogen and oxygen atoms in total. The van der Waals surface area contributed by atoms with Gasteiger partial charge in [0.25, 0.3) is 0 Å². The number of nitrogen functional groups attached to an aromatic ring is 1. The van der Waals surface area contributed by atoms with E-state index in [0.29, 0.717) is 5.69 Å². The highest BCUT2D eigenvalue weighted by molar-refractivity contribution is 5.79. The van der Waals surface area contributed by atoms with Crippen LogP contribution in [0.3, 0.4) is 0 Å². The molecule has 0 saturated carbocycles. The minimum atomic E-state index is -0.284. The Balaban J connectivity index is 1.88. The monoisotopic (exact) mass is 280 g/mol.